The number of furan rings is 1. The van der Waals surface area contributed by atoms with E-state index in [4.69, 9.17) is 20.8 Å². The molecule has 1 amide bonds. The lowest BCUT2D eigenvalue weighted by Gasteiger charge is -2.08. The summed E-state index contributed by atoms with van der Waals surface area (Å²) in [5, 5.41) is 3.41. The number of hydrogen-bond acceptors (Lipinski definition) is 7. The Morgan fingerprint density at radius 1 is 1.42 bits per heavy atom. The summed E-state index contributed by atoms with van der Waals surface area (Å²) >= 11 is 5.82. The number of hydrazone groups is 1. The van der Waals surface area contributed by atoms with Crippen LogP contribution in [0.5, 0.6) is 5.75 Å². The van der Waals surface area contributed by atoms with E-state index in [1.54, 1.807) is 25.1 Å². The highest BCUT2D eigenvalue weighted by atomic mass is 35.5. The van der Waals surface area contributed by atoms with Crippen molar-refractivity contribution < 1.29 is 26.9 Å². The van der Waals surface area contributed by atoms with Crippen LogP contribution in [0.4, 0.5) is 0 Å². The summed E-state index contributed by atoms with van der Waals surface area (Å²) in [6, 6.07) is 7.21. The van der Waals surface area contributed by atoms with Crippen LogP contribution in [0.1, 0.15) is 11.3 Å². The molecule has 0 unspecified atom stereocenters. The zero-order chi connectivity index (χ0) is 17.7. The number of ether oxygens (including phenoxy) is 1. The number of benzene rings is 1. The second-order valence-electron chi connectivity index (χ2n) is 4.60. The van der Waals surface area contributed by atoms with E-state index >= 15 is 0 Å². The Morgan fingerprint density at radius 2 is 2.17 bits per heavy atom. The molecule has 0 fully saturated rings. The molecule has 2 aromatic rings. The summed E-state index contributed by atoms with van der Waals surface area (Å²) < 4.78 is 42.2. The van der Waals surface area contributed by atoms with Crippen molar-refractivity contribution in [3.63, 3.8) is 0 Å². The van der Waals surface area contributed by atoms with Gasteiger partial charge in [-0.3, -0.25) is 4.79 Å². The Morgan fingerprint density at radius 3 is 2.79 bits per heavy atom. The lowest BCUT2D eigenvalue weighted by atomic mass is 10.2. The van der Waals surface area contributed by atoms with Crippen LogP contribution >= 0.6 is 11.6 Å². The lowest BCUT2D eigenvalue weighted by Crippen LogP contribution is -2.24. The molecule has 10 heteroatoms. The van der Waals surface area contributed by atoms with E-state index in [1.165, 1.54) is 6.07 Å². The molecule has 128 valence electrons. The number of nitrogens with zero attached hydrogens (tertiary/aromatic N) is 1. The van der Waals surface area contributed by atoms with E-state index in [1.807, 2.05) is 0 Å². The molecule has 1 aromatic heterocycles. The van der Waals surface area contributed by atoms with Crippen LogP contribution in [-0.2, 0) is 14.9 Å². The zero-order valence-electron chi connectivity index (χ0n) is 12.4. The van der Waals surface area contributed by atoms with Gasteiger partial charge in [0.25, 0.3) is 5.91 Å². The minimum atomic E-state index is -4.66. The average Bonchev–Trinajstić information content (AvgIpc) is 2.95. The van der Waals surface area contributed by atoms with Crippen LogP contribution in [0.3, 0.4) is 0 Å². The summed E-state index contributed by atoms with van der Waals surface area (Å²) in [7, 11) is -4.66. The third-order valence-corrected chi connectivity index (χ3v) is 3.67. The Labute approximate surface area is 142 Å². The SMILES string of the molecule is Cc1cc(Cl)ccc1OCC(=O)NN=Cc1ccc(S(=O)(=O)[O-])o1. The van der Waals surface area contributed by atoms with Gasteiger partial charge in [-0.2, -0.15) is 5.10 Å². The Bertz CT molecular complexity index is 875. The van der Waals surface area contributed by atoms with Gasteiger partial charge in [0.15, 0.2) is 16.7 Å². The highest BCUT2D eigenvalue weighted by Gasteiger charge is 2.07. The second-order valence-corrected chi connectivity index (χ2v) is 6.35. The fourth-order valence-electron chi connectivity index (χ4n) is 1.66. The number of aryl methyl sites for hydroxylation is 1. The molecule has 0 saturated heterocycles. The van der Waals surface area contributed by atoms with Crippen LogP contribution in [0.25, 0.3) is 0 Å². The molecular weight excluding hydrogens is 360 g/mol. The maximum Gasteiger partial charge on any atom is 0.277 e. The first kappa shape index (κ1) is 18.0. The quantitative estimate of drug-likeness (QED) is 0.468. The fraction of sp³-hybridized carbons (Fsp3) is 0.143. The Hall–Kier alpha value is -2.36. The second kappa shape index (κ2) is 7.47. The normalized spacial score (nSPS) is 11.6. The van der Waals surface area contributed by atoms with Gasteiger partial charge in [0.05, 0.1) is 6.21 Å². The molecule has 24 heavy (non-hydrogen) atoms. The number of carbonyl (C=O) groups excluding carboxylic acids is 1. The van der Waals surface area contributed by atoms with Crippen LogP contribution < -0.4 is 10.2 Å². The van der Waals surface area contributed by atoms with Crippen molar-refractivity contribution in [2.45, 2.75) is 12.0 Å². The molecular formula is C14H12ClN2O6S-. The molecule has 0 spiro atoms. The molecule has 2 rings (SSSR count). The van der Waals surface area contributed by atoms with E-state index < -0.39 is 21.1 Å². The molecule has 0 bridgehead atoms. The van der Waals surface area contributed by atoms with Gasteiger partial charge in [-0.25, -0.2) is 13.8 Å². The van der Waals surface area contributed by atoms with Gasteiger partial charge in [0, 0.05) is 5.02 Å². The smallest absolute Gasteiger partial charge is 0.277 e. The first-order valence-corrected chi connectivity index (χ1v) is 8.31. The van der Waals surface area contributed by atoms with Crippen molar-refractivity contribution in [3.05, 3.63) is 46.7 Å². The summed E-state index contributed by atoms with van der Waals surface area (Å²) in [6.07, 6.45) is 1.06. The summed E-state index contributed by atoms with van der Waals surface area (Å²) in [4.78, 5) is 11.6. The van der Waals surface area contributed by atoms with E-state index in [2.05, 4.69) is 10.5 Å². The topological polar surface area (TPSA) is 121 Å². The minimum Gasteiger partial charge on any atom is -0.742 e. The van der Waals surface area contributed by atoms with Gasteiger partial charge in [0.2, 0.25) is 5.09 Å². The number of nitrogens with one attached hydrogen (secondary N) is 1. The molecule has 0 aliphatic heterocycles. The molecule has 0 atom stereocenters. The van der Waals surface area contributed by atoms with Crippen molar-refractivity contribution in [2.24, 2.45) is 5.10 Å². The van der Waals surface area contributed by atoms with Crippen molar-refractivity contribution >= 4 is 33.8 Å². The standard InChI is InChI=1S/C14H13ClN2O6S/c1-9-6-10(15)2-4-12(9)22-8-13(18)17-16-7-11-3-5-14(23-11)24(19,20)21/h2-7H,8H2,1H3,(H,17,18)(H,19,20,21)/p-1. The molecule has 0 saturated carbocycles. The van der Waals surface area contributed by atoms with Gasteiger partial charge in [-0.1, -0.05) is 11.6 Å². The Kier molecular flexibility index (Phi) is 5.60. The van der Waals surface area contributed by atoms with Crippen LogP contribution in [0, 0.1) is 6.92 Å². The highest BCUT2D eigenvalue weighted by molar-refractivity contribution is 7.85. The predicted molar refractivity (Wildman–Crippen MR) is 84.1 cm³/mol. The largest absolute Gasteiger partial charge is 0.742 e. The highest BCUT2D eigenvalue weighted by Crippen LogP contribution is 2.21. The average molecular weight is 372 g/mol. The van der Waals surface area contributed by atoms with Gasteiger partial charge in [-0.05, 0) is 42.8 Å². The maximum atomic E-state index is 11.6. The fourth-order valence-corrected chi connectivity index (χ4v) is 2.32. The lowest BCUT2D eigenvalue weighted by molar-refractivity contribution is -0.123. The van der Waals surface area contributed by atoms with Crippen molar-refractivity contribution in [1.29, 1.82) is 0 Å². The third kappa shape index (κ3) is 5.08. The van der Waals surface area contributed by atoms with E-state index in [-0.39, 0.29) is 12.4 Å². The summed E-state index contributed by atoms with van der Waals surface area (Å²) in [5.74, 6) is -0.0297. The van der Waals surface area contributed by atoms with Crippen LogP contribution in [0.2, 0.25) is 5.02 Å². The number of halogens is 1. The molecule has 1 heterocycles. The van der Waals surface area contributed by atoms with Gasteiger partial charge >= 0.3 is 0 Å². The monoisotopic (exact) mass is 371 g/mol. The first-order chi connectivity index (χ1) is 11.3. The third-order valence-electron chi connectivity index (χ3n) is 2.73. The van der Waals surface area contributed by atoms with Crippen molar-refractivity contribution in [3.8, 4) is 5.75 Å². The van der Waals surface area contributed by atoms with Crippen LogP contribution in [0.15, 0.2) is 44.9 Å². The molecule has 0 radical (unpaired) electrons. The maximum absolute atomic E-state index is 11.6. The Balaban J connectivity index is 1.85. The first-order valence-electron chi connectivity index (χ1n) is 6.52. The summed E-state index contributed by atoms with van der Waals surface area (Å²) in [6.45, 7) is 1.51. The molecule has 1 N–H and O–H groups in total. The number of rotatable bonds is 6. The molecule has 0 aliphatic carbocycles. The minimum absolute atomic E-state index is 0.000751. The zero-order valence-corrected chi connectivity index (χ0v) is 13.9. The van der Waals surface area contributed by atoms with Gasteiger partial charge in [-0.15, -0.1) is 0 Å². The van der Waals surface area contributed by atoms with Gasteiger partial charge in [0.1, 0.15) is 11.5 Å². The van der Waals surface area contributed by atoms with E-state index in [0.717, 1.165) is 17.8 Å². The number of carbonyl (C=O) groups is 1. The summed E-state index contributed by atoms with van der Waals surface area (Å²) in [5.41, 5.74) is 2.95. The molecule has 1 aromatic carbocycles. The predicted octanol–water partition coefficient (Wildman–Crippen LogP) is 1.67. The van der Waals surface area contributed by atoms with Crippen molar-refractivity contribution in [2.75, 3.05) is 6.61 Å². The van der Waals surface area contributed by atoms with Gasteiger partial charge < -0.3 is 13.7 Å². The molecule has 0 aliphatic rings. The van der Waals surface area contributed by atoms with E-state index in [9.17, 15) is 17.8 Å². The van der Waals surface area contributed by atoms with Crippen molar-refractivity contribution in [1.82, 2.24) is 5.43 Å². The number of hydrogen-bond donors (Lipinski definition) is 1. The number of amides is 1. The molecule has 8 nitrogen and oxygen atoms in total. The van der Waals surface area contributed by atoms with E-state index in [0.29, 0.717) is 10.8 Å². The van der Waals surface area contributed by atoms with Crippen LogP contribution in [-0.4, -0.2) is 31.7 Å².